The monoisotopic (exact) mass is 458 g/mol. The van der Waals surface area contributed by atoms with Crippen LogP contribution >= 0.6 is 0 Å². The first-order chi connectivity index (χ1) is 15.5. The van der Waals surface area contributed by atoms with Crippen LogP contribution in [0, 0.1) is 11.7 Å². The highest BCUT2D eigenvalue weighted by atomic mass is 19.3. The fraction of sp³-hybridized carbons (Fsp3) is 0.760. The smallest absolute Gasteiger partial charge is 0.267 e. The van der Waals surface area contributed by atoms with E-state index in [1.807, 2.05) is 13.8 Å². The third kappa shape index (κ3) is 6.84. The summed E-state index contributed by atoms with van der Waals surface area (Å²) in [6.45, 7) is 5.66. The topological polar surface area (TPSA) is 36.9 Å². The van der Waals surface area contributed by atoms with Crippen molar-refractivity contribution in [3.05, 3.63) is 29.1 Å². The molecule has 1 heterocycles. The zero-order valence-electron chi connectivity index (χ0n) is 19.3. The molecule has 2 unspecified atom stereocenters. The van der Waals surface area contributed by atoms with Gasteiger partial charge in [-0.1, -0.05) is 19.4 Å². The zero-order valence-corrected chi connectivity index (χ0v) is 19.3. The minimum atomic E-state index is -2.91. The first kappa shape index (κ1) is 25.3. The highest BCUT2D eigenvalue weighted by Gasteiger charge is 2.32. The van der Waals surface area contributed by atoms with Crippen LogP contribution in [0.1, 0.15) is 82.8 Å². The van der Waals surface area contributed by atoms with Crippen molar-refractivity contribution in [2.75, 3.05) is 19.8 Å². The Hall–Kier alpha value is -1.31. The molecule has 3 rings (SSSR count). The van der Waals surface area contributed by atoms with Gasteiger partial charge in [0.2, 0.25) is 0 Å². The molecule has 0 N–H and O–H groups in total. The average Bonchev–Trinajstić information content (AvgIpc) is 2.80. The molecule has 1 aliphatic heterocycles. The minimum absolute atomic E-state index is 0.0000724. The molecule has 1 aromatic carbocycles. The lowest BCUT2D eigenvalue weighted by atomic mass is 9.81. The van der Waals surface area contributed by atoms with E-state index in [9.17, 15) is 13.2 Å². The number of alkyl halides is 2. The third-order valence-electron chi connectivity index (χ3n) is 6.60. The molecule has 1 saturated heterocycles. The molecule has 0 bridgehead atoms. The fourth-order valence-electron chi connectivity index (χ4n) is 4.73. The Morgan fingerprint density at radius 1 is 1.00 bits per heavy atom. The van der Waals surface area contributed by atoms with E-state index in [1.165, 1.54) is 12.1 Å². The van der Waals surface area contributed by atoms with Gasteiger partial charge >= 0.3 is 0 Å². The summed E-state index contributed by atoms with van der Waals surface area (Å²) in [5.74, 6) is -0.580. The van der Waals surface area contributed by atoms with E-state index in [4.69, 9.17) is 18.9 Å². The minimum Gasteiger partial charge on any atom is -0.491 e. The van der Waals surface area contributed by atoms with Gasteiger partial charge in [0.15, 0.2) is 11.6 Å². The predicted octanol–water partition coefficient (Wildman–Crippen LogP) is 6.60. The van der Waals surface area contributed by atoms with Crippen molar-refractivity contribution >= 4 is 0 Å². The second-order valence-electron chi connectivity index (χ2n) is 8.83. The van der Waals surface area contributed by atoms with E-state index in [0.717, 1.165) is 51.4 Å². The van der Waals surface area contributed by atoms with Crippen molar-refractivity contribution in [2.45, 2.75) is 96.6 Å². The predicted molar refractivity (Wildman–Crippen MR) is 117 cm³/mol. The molecule has 1 saturated carbocycles. The lowest BCUT2D eigenvalue weighted by molar-refractivity contribution is -0.111. The van der Waals surface area contributed by atoms with Crippen molar-refractivity contribution in [1.82, 2.24) is 0 Å². The quantitative estimate of drug-likeness (QED) is 0.350. The summed E-state index contributed by atoms with van der Waals surface area (Å²) in [6, 6.07) is 2.94. The Morgan fingerprint density at radius 2 is 1.75 bits per heavy atom. The lowest BCUT2D eigenvalue weighted by Gasteiger charge is -2.37. The maximum Gasteiger partial charge on any atom is 0.267 e. The molecule has 182 valence electrons. The molecule has 0 amide bonds. The summed E-state index contributed by atoms with van der Waals surface area (Å²) in [5.41, 5.74) is -0.410. The van der Waals surface area contributed by atoms with Gasteiger partial charge in [0.25, 0.3) is 6.43 Å². The standard InChI is InChI=1S/C25H37F3O4/c1-3-5-14-30-22-12-8-18(23(24(22)26)25(27)28)15-31-19-9-6-17(7-10-19)21-13-11-20(16-32-21)29-4-2/h8,12,17,19-21,25H,3-7,9-11,13-16H2,1-2H3. The zero-order chi connectivity index (χ0) is 22.9. The summed E-state index contributed by atoms with van der Waals surface area (Å²) < 4.78 is 64.8. The number of unbranched alkanes of at least 4 members (excludes halogenated alkanes) is 1. The molecule has 2 fully saturated rings. The fourth-order valence-corrected chi connectivity index (χ4v) is 4.73. The number of rotatable bonds is 11. The van der Waals surface area contributed by atoms with Crippen LogP contribution in [0.5, 0.6) is 5.75 Å². The van der Waals surface area contributed by atoms with E-state index in [1.54, 1.807) is 0 Å². The molecule has 2 aliphatic rings. The van der Waals surface area contributed by atoms with Crippen LogP contribution in [0.2, 0.25) is 0 Å². The Morgan fingerprint density at radius 3 is 2.38 bits per heavy atom. The first-order valence-electron chi connectivity index (χ1n) is 12.1. The molecule has 1 aliphatic carbocycles. The van der Waals surface area contributed by atoms with Crippen LogP contribution in [-0.4, -0.2) is 38.1 Å². The Balaban J connectivity index is 1.48. The van der Waals surface area contributed by atoms with Gasteiger partial charge in [-0.2, -0.15) is 0 Å². The van der Waals surface area contributed by atoms with Gasteiger partial charge in [-0.3, -0.25) is 0 Å². The van der Waals surface area contributed by atoms with E-state index in [2.05, 4.69) is 0 Å². The number of hydrogen-bond donors (Lipinski definition) is 0. The second-order valence-corrected chi connectivity index (χ2v) is 8.83. The van der Waals surface area contributed by atoms with Gasteiger partial charge in [0.05, 0.1) is 43.7 Å². The SMILES string of the molecule is CCCCOc1ccc(COC2CCC(C3CCC(OCC)CO3)CC2)c(C(F)F)c1F. The molecule has 0 radical (unpaired) electrons. The van der Waals surface area contributed by atoms with Crippen molar-refractivity contribution in [3.8, 4) is 5.75 Å². The van der Waals surface area contributed by atoms with Gasteiger partial charge in [0.1, 0.15) is 0 Å². The molecule has 1 aromatic rings. The summed E-state index contributed by atoms with van der Waals surface area (Å²) in [5, 5.41) is 0. The molecular formula is C25H37F3O4. The van der Waals surface area contributed by atoms with Crippen molar-refractivity contribution in [3.63, 3.8) is 0 Å². The largest absolute Gasteiger partial charge is 0.491 e. The summed E-state index contributed by atoms with van der Waals surface area (Å²) in [4.78, 5) is 0. The van der Waals surface area contributed by atoms with E-state index in [0.29, 0.717) is 25.7 Å². The summed E-state index contributed by atoms with van der Waals surface area (Å²) in [6.07, 6.45) is 4.98. The van der Waals surface area contributed by atoms with Crippen LogP contribution in [0.25, 0.3) is 0 Å². The average molecular weight is 459 g/mol. The van der Waals surface area contributed by atoms with Crippen LogP contribution < -0.4 is 4.74 Å². The van der Waals surface area contributed by atoms with Gasteiger partial charge in [-0.15, -0.1) is 0 Å². The van der Waals surface area contributed by atoms with Crippen molar-refractivity contribution < 1.29 is 32.1 Å². The number of hydrogen-bond acceptors (Lipinski definition) is 4. The van der Waals surface area contributed by atoms with Crippen LogP contribution in [0.15, 0.2) is 12.1 Å². The Bertz CT molecular complexity index is 684. The summed E-state index contributed by atoms with van der Waals surface area (Å²) in [7, 11) is 0. The van der Waals surface area contributed by atoms with Gasteiger partial charge in [0, 0.05) is 6.61 Å². The molecule has 7 heteroatoms. The molecule has 4 nitrogen and oxygen atoms in total. The van der Waals surface area contributed by atoms with E-state index >= 15 is 0 Å². The second kappa shape index (κ2) is 12.8. The van der Waals surface area contributed by atoms with E-state index < -0.39 is 17.8 Å². The molecule has 0 spiro atoms. The maximum absolute atomic E-state index is 14.6. The number of ether oxygens (including phenoxy) is 4. The van der Waals surface area contributed by atoms with Crippen molar-refractivity contribution in [2.24, 2.45) is 5.92 Å². The first-order valence-corrected chi connectivity index (χ1v) is 12.1. The normalized spacial score (nSPS) is 26.4. The molecule has 2 atom stereocenters. The lowest BCUT2D eigenvalue weighted by Crippen LogP contribution is -2.38. The molecule has 32 heavy (non-hydrogen) atoms. The molecule has 0 aromatic heterocycles. The maximum atomic E-state index is 14.6. The van der Waals surface area contributed by atoms with Crippen molar-refractivity contribution in [1.29, 1.82) is 0 Å². The summed E-state index contributed by atoms with van der Waals surface area (Å²) >= 11 is 0. The third-order valence-corrected chi connectivity index (χ3v) is 6.60. The highest BCUT2D eigenvalue weighted by Crippen LogP contribution is 2.36. The van der Waals surface area contributed by atoms with Crippen LogP contribution in [0.4, 0.5) is 13.2 Å². The van der Waals surface area contributed by atoms with Crippen LogP contribution in [0.3, 0.4) is 0 Å². The van der Waals surface area contributed by atoms with Gasteiger partial charge < -0.3 is 18.9 Å². The highest BCUT2D eigenvalue weighted by molar-refractivity contribution is 5.38. The number of benzene rings is 1. The van der Waals surface area contributed by atoms with Gasteiger partial charge in [-0.05, 0) is 69.4 Å². The van der Waals surface area contributed by atoms with E-state index in [-0.39, 0.29) is 36.2 Å². The van der Waals surface area contributed by atoms with Crippen LogP contribution in [-0.2, 0) is 20.8 Å². The number of halogens is 3. The Kier molecular flexibility index (Phi) is 10.1. The Labute approximate surface area is 189 Å². The molecular weight excluding hydrogens is 421 g/mol. The van der Waals surface area contributed by atoms with Gasteiger partial charge in [-0.25, -0.2) is 13.2 Å².